The molecule has 178 valence electrons. The van der Waals surface area contributed by atoms with Crippen molar-refractivity contribution >= 4 is 22.8 Å². The van der Waals surface area contributed by atoms with Crippen LogP contribution in [0.25, 0.3) is 22.4 Å². The number of aromatic amines is 1. The molecule has 1 atom stereocenters. The van der Waals surface area contributed by atoms with Gasteiger partial charge in [0.05, 0.1) is 42.4 Å². The third-order valence-corrected chi connectivity index (χ3v) is 6.92. The Balaban J connectivity index is 1.53. The first-order valence-electron chi connectivity index (χ1n) is 11.1. The summed E-state index contributed by atoms with van der Waals surface area (Å²) in [5.41, 5.74) is 3.06. The quantitative estimate of drug-likeness (QED) is 0.390. The summed E-state index contributed by atoms with van der Waals surface area (Å²) in [5.74, 6) is -1.25. The molecule has 1 aliphatic rings. The minimum Gasteiger partial charge on any atom is -0.496 e. The lowest BCUT2D eigenvalue weighted by atomic mass is 9.92. The highest BCUT2D eigenvalue weighted by molar-refractivity contribution is 6.31. The van der Waals surface area contributed by atoms with Crippen LogP contribution in [-0.2, 0) is 0 Å². The highest BCUT2D eigenvalue weighted by Crippen LogP contribution is 2.41. The van der Waals surface area contributed by atoms with E-state index < -0.39 is 18.4 Å². The summed E-state index contributed by atoms with van der Waals surface area (Å²) in [6.07, 6.45) is 9.91. The van der Waals surface area contributed by atoms with Crippen molar-refractivity contribution in [3.05, 3.63) is 58.9 Å². The predicted molar refractivity (Wildman–Crippen MR) is 124 cm³/mol. The number of halogens is 3. The summed E-state index contributed by atoms with van der Waals surface area (Å²) in [5, 5.41) is 14.1. The van der Waals surface area contributed by atoms with Crippen molar-refractivity contribution in [2.45, 2.75) is 43.7 Å². The predicted octanol–water partition coefficient (Wildman–Crippen LogP) is 5.20. The fraction of sp³-hybridized carbons (Fsp3) is 0.375. The molecule has 0 saturated heterocycles. The molecular formula is C24H24ClF2N5O2. The van der Waals surface area contributed by atoms with E-state index in [-0.39, 0.29) is 22.7 Å². The van der Waals surface area contributed by atoms with Gasteiger partial charge in [-0.15, -0.1) is 0 Å². The molecule has 7 nitrogen and oxygen atoms in total. The third-order valence-electron chi connectivity index (χ3n) is 6.54. The first kappa shape index (κ1) is 22.7. The van der Waals surface area contributed by atoms with Crippen LogP contribution < -0.4 is 4.74 Å². The van der Waals surface area contributed by atoms with Gasteiger partial charge in [0, 0.05) is 35.0 Å². The lowest BCUT2D eigenvalue weighted by Gasteiger charge is -2.25. The largest absolute Gasteiger partial charge is 0.496 e. The SMILES string of the molecule is COc1ccc(F)c(Cl)c1[C@H](CF)c1c[nH]c2ncc(-c3cnn(C4CCC(O)CC4)c3)nc12. The molecular weight excluding hydrogens is 464 g/mol. The van der Waals surface area contributed by atoms with E-state index in [0.717, 1.165) is 31.2 Å². The number of aliphatic hydroxyl groups excluding tert-OH is 1. The van der Waals surface area contributed by atoms with E-state index in [9.17, 15) is 13.9 Å². The van der Waals surface area contributed by atoms with Gasteiger partial charge in [0.2, 0.25) is 0 Å². The van der Waals surface area contributed by atoms with Crippen LogP contribution in [0.2, 0.25) is 5.02 Å². The molecule has 3 aromatic heterocycles. The van der Waals surface area contributed by atoms with Crippen LogP contribution in [0.15, 0.2) is 36.9 Å². The second kappa shape index (κ2) is 9.31. The van der Waals surface area contributed by atoms with Crippen molar-refractivity contribution in [1.29, 1.82) is 0 Å². The van der Waals surface area contributed by atoms with Crippen molar-refractivity contribution in [3.8, 4) is 17.0 Å². The molecule has 1 aromatic carbocycles. The molecule has 0 spiro atoms. The first-order valence-corrected chi connectivity index (χ1v) is 11.5. The fourth-order valence-electron chi connectivity index (χ4n) is 4.68. The molecule has 0 unspecified atom stereocenters. The average Bonchev–Trinajstić information content (AvgIpc) is 3.50. The summed E-state index contributed by atoms with van der Waals surface area (Å²) >= 11 is 6.24. The second-order valence-electron chi connectivity index (χ2n) is 8.55. The summed E-state index contributed by atoms with van der Waals surface area (Å²) in [4.78, 5) is 12.2. The smallest absolute Gasteiger partial charge is 0.156 e. The maximum absolute atomic E-state index is 14.4. The number of nitrogens with one attached hydrogen (secondary N) is 1. The van der Waals surface area contributed by atoms with Gasteiger partial charge in [0.25, 0.3) is 0 Å². The molecule has 2 N–H and O–H groups in total. The number of rotatable bonds is 6. The Bertz CT molecular complexity index is 1320. The lowest BCUT2D eigenvalue weighted by Crippen LogP contribution is -2.21. The van der Waals surface area contributed by atoms with E-state index in [1.165, 1.54) is 19.2 Å². The molecule has 5 rings (SSSR count). The third kappa shape index (κ3) is 4.03. The summed E-state index contributed by atoms with van der Waals surface area (Å²) in [7, 11) is 1.43. The van der Waals surface area contributed by atoms with Crippen molar-refractivity contribution in [1.82, 2.24) is 24.7 Å². The Kier molecular flexibility index (Phi) is 6.22. The van der Waals surface area contributed by atoms with E-state index in [1.807, 2.05) is 10.9 Å². The molecule has 3 heterocycles. The summed E-state index contributed by atoms with van der Waals surface area (Å²) in [6.45, 7) is -0.830. The molecule has 0 bridgehead atoms. The Labute approximate surface area is 199 Å². The molecule has 0 amide bonds. The van der Waals surface area contributed by atoms with Gasteiger partial charge in [0.15, 0.2) is 5.65 Å². The van der Waals surface area contributed by atoms with Gasteiger partial charge >= 0.3 is 0 Å². The van der Waals surface area contributed by atoms with Gasteiger partial charge in [-0.1, -0.05) is 11.6 Å². The summed E-state index contributed by atoms with van der Waals surface area (Å²) in [6, 6.07) is 2.86. The Morgan fingerprint density at radius 1 is 1.26 bits per heavy atom. The van der Waals surface area contributed by atoms with Crippen LogP contribution in [-0.4, -0.2) is 49.7 Å². The van der Waals surface area contributed by atoms with Gasteiger partial charge < -0.3 is 14.8 Å². The number of fused-ring (bicyclic) bond motifs is 1. The number of alkyl halides is 1. The molecule has 0 radical (unpaired) electrons. The molecule has 0 aliphatic heterocycles. The molecule has 1 aliphatic carbocycles. The van der Waals surface area contributed by atoms with E-state index in [1.54, 1.807) is 18.6 Å². The second-order valence-corrected chi connectivity index (χ2v) is 8.93. The number of hydrogen-bond acceptors (Lipinski definition) is 5. The molecule has 4 aromatic rings. The van der Waals surface area contributed by atoms with Crippen molar-refractivity contribution < 1.29 is 18.6 Å². The van der Waals surface area contributed by atoms with Gasteiger partial charge in [-0.25, -0.2) is 14.4 Å². The van der Waals surface area contributed by atoms with E-state index >= 15 is 0 Å². The number of methoxy groups -OCH3 is 1. The van der Waals surface area contributed by atoms with Crippen molar-refractivity contribution in [2.75, 3.05) is 13.8 Å². The first-order chi connectivity index (χ1) is 16.5. The average molecular weight is 488 g/mol. The minimum atomic E-state index is -0.896. The van der Waals surface area contributed by atoms with Crippen LogP contribution in [0.3, 0.4) is 0 Å². The van der Waals surface area contributed by atoms with Crippen molar-refractivity contribution in [2.24, 2.45) is 0 Å². The van der Waals surface area contributed by atoms with Crippen LogP contribution in [0, 0.1) is 5.82 Å². The molecule has 34 heavy (non-hydrogen) atoms. The monoisotopic (exact) mass is 487 g/mol. The van der Waals surface area contributed by atoms with Crippen molar-refractivity contribution in [3.63, 3.8) is 0 Å². The van der Waals surface area contributed by atoms with Gasteiger partial charge in [0.1, 0.15) is 23.8 Å². The zero-order valence-electron chi connectivity index (χ0n) is 18.5. The van der Waals surface area contributed by atoms with Gasteiger partial charge in [-0.2, -0.15) is 5.10 Å². The van der Waals surface area contributed by atoms with Crippen LogP contribution >= 0.6 is 11.6 Å². The number of aliphatic hydroxyl groups is 1. The van der Waals surface area contributed by atoms with E-state index in [4.69, 9.17) is 21.3 Å². The van der Waals surface area contributed by atoms with E-state index in [2.05, 4.69) is 15.1 Å². The number of benzene rings is 1. The molecule has 1 fully saturated rings. The number of hydrogen-bond donors (Lipinski definition) is 2. The highest BCUT2D eigenvalue weighted by Gasteiger charge is 2.27. The minimum absolute atomic E-state index is 0.181. The number of aromatic nitrogens is 5. The Morgan fingerprint density at radius 2 is 2.06 bits per heavy atom. The van der Waals surface area contributed by atoms with E-state index in [0.29, 0.717) is 28.2 Å². The molecule has 10 heteroatoms. The fourth-order valence-corrected chi connectivity index (χ4v) is 4.96. The number of ether oxygens (including phenoxy) is 1. The number of H-pyrrole nitrogens is 1. The Hall–Kier alpha value is -3.04. The van der Waals surface area contributed by atoms with Gasteiger partial charge in [-0.05, 0) is 37.8 Å². The zero-order chi connectivity index (χ0) is 23.8. The Morgan fingerprint density at radius 3 is 2.79 bits per heavy atom. The topological polar surface area (TPSA) is 88.8 Å². The van der Waals surface area contributed by atoms with Crippen LogP contribution in [0.1, 0.15) is 48.8 Å². The molecule has 1 saturated carbocycles. The highest BCUT2D eigenvalue weighted by atomic mass is 35.5. The maximum atomic E-state index is 14.4. The zero-order valence-corrected chi connectivity index (χ0v) is 19.3. The van der Waals surface area contributed by atoms with Crippen LogP contribution in [0.5, 0.6) is 5.75 Å². The normalized spacial score (nSPS) is 19.4. The summed E-state index contributed by atoms with van der Waals surface area (Å²) < 4.78 is 35.9. The lowest BCUT2D eigenvalue weighted by molar-refractivity contribution is 0.108. The standard InChI is InChI=1S/C24H24ClF2N5O2/c1-34-20-7-6-18(27)22(25)21(20)16(8-26)17-10-28-24-23(17)31-19(11-29-24)13-9-30-32(12-13)14-2-4-15(33)5-3-14/h6-7,9-12,14-16,33H,2-5,8H2,1H3,(H,28,29)/t14?,15?,16-/m1/s1. The number of nitrogens with zero attached hydrogens (tertiary/aromatic N) is 4. The maximum Gasteiger partial charge on any atom is 0.156 e. The van der Waals surface area contributed by atoms with Crippen LogP contribution in [0.4, 0.5) is 8.78 Å². The van der Waals surface area contributed by atoms with Gasteiger partial charge in [-0.3, -0.25) is 9.07 Å².